The van der Waals surface area contributed by atoms with E-state index in [1.807, 2.05) is 11.8 Å². The van der Waals surface area contributed by atoms with E-state index in [0.29, 0.717) is 19.6 Å². The Morgan fingerprint density at radius 1 is 1.25 bits per heavy atom. The first-order valence-electron chi connectivity index (χ1n) is 6.51. The number of hydrogen-bond acceptors (Lipinski definition) is 3. The van der Waals surface area contributed by atoms with Crippen molar-refractivity contribution in [1.82, 2.24) is 4.90 Å². The molecule has 0 spiro atoms. The van der Waals surface area contributed by atoms with E-state index in [9.17, 15) is 14.0 Å². The smallest absolute Gasteiger partial charge is 0.304 e. The normalized spacial score (nSPS) is 10.6. The van der Waals surface area contributed by atoms with Gasteiger partial charge in [-0.25, -0.2) is 4.39 Å². The number of para-hydroxylation sites is 1. The third-order valence-electron chi connectivity index (χ3n) is 2.89. The zero-order valence-corrected chi connectivity index (χ0v) is 11.4. The quantitative estimate of drug-likeness (QED) is 0.764. The molecule has 1 rings (SSSR count). The molecular weight excluding hydrogens is 263 g/mol. The van der Waals surface area contributed by atoms with E-state index in [1.54, 1.807) is 12.1 Å². The molecule has 6 heteroatoms. The SMILES string of the molecule is CCN(CCC(=O)O)CCC(=O)Nc1ccccc1F. The molecule has 1 aromatic carbocycles. The Morgan fingerprint density at radius 2 is 1.90 bits per heavy atom. The summed E-state index contributed by atoms with van der Waals surface area (Å²) in [4.78, 5) is 24.1. The van der Waals surface area contributed by atoms with Crippen molar-refractivity contribution in [3.63, 3.8) is 0 Å². The summed E-state index contributed by atoms with van der Waals surface area (Å²) in [5.74, 6) is -1.62. The monoisotopic (exact) mass is 282 g/mol. The first-order valence-corrected chi connectivity index (χ1v) is 6.51. The fourth-order valence-electron chi connectivity index (χ4n) is 1.72. The second kappa shape index (κ2) is 8.27. The van der Waals surface area contributed by atoms with Crippen LogP contribution >= 0.6 is 0 Å². The first-order chi connectivity index (χ1) is 9.52. The molecule has 0 unspecified atom stereocenters. The predicted molar refractivity (Wildman–Crippen MR) is 74.0 cm³/mol. The molecule has 2 N–H and O–H groups in total. The largest absolute Gasteiger partial charge is 0.481 e. The van der Waals surface area contributed by atoms with Crippen LogP contribution in [-0.4, -0.2) is 41.5 Å². The van der Waals surface area contributed by atoms with Gasteiger partial charge in [0, 0.05) is 19.5 Å². The van der Waals surface area contributed by atoms with Crippen LogP contribution in [0.1, 0.15) is 19.8 Å². The van der Waals surface area contributed by atoms with E-state index < -0.39 is 11.8 Å². The second-order valence-electron chi connectivity index (χ2n) is 4.36. The lowest BCUT2D eigenvalue weighted by Gasteiger charge is -2.18. The number of carboxylic acids is 1. The molecule has 0 fully saturated rings. The van der Waals surface area contributed by atoms with Crippen LogP contribution in [0.5, 0.6) is 0 Å². The van der Waals surface area contributed by atoms with Crippen LogP contribution in [0.4, 0.5) is 10.1 Å². The lowest BCUT2D eigenvalue weighted by Crippen LogP contribution is -2.30. The van der Waals surface area contributed by atoms with Gasteiger partial charge in [0.2, 0.25) is 5.91 Å². The Balaban J connectivity index is 2.38. The van der Waals surface area contributed by atoms with Crippen LogP contribution < -0.4 is 5.32 Å². The summed E-state index contributed by atoms with van der Waals surface area (Å²) in [5.41, 5.74) is 0.158. The van der Waals surface area contributed by atoms with Crippen molar-refractivity contribution in [3.8, 4) is 0 Å². The summed E-state index contributed by atoms with van der Waals surface area (Å²) in [7, 11) is 0. The van der Waals surface area contributed by atoms with Gasteiger partial charge in [-0.2, -0.15) is 0 Å². The highest BCUT2D eigenvalue weighted by Crippen LogP contribution is 2.12. The van der Waals surface area contributed by atoms with Crippen LogP contribution in [0.3, 0.4) is 0 Å². The Hall–Kier alpha value is -1.95. The fourth-order valence-corrected chi connectivity index (χ4v) is 1.72. The van der Waals surface area contributed by atoms with E-state index in [4.69, 9.17) is 5.11 Å². The number of nitrogens with one attached hydrogen (secondary N) is 1. The van der Waals surface area contributed by atoms with Gasteiger partial charge in [-0.3, -0.25) is 9.59 Å². The van der Waals surface area contributed by atoms with Crippen LogP contribution in [-0.2, 0) is 9.59 Å². The molecule has 0 saturated carbocycles. The number of benzene rings is 1. The van der Waals surface area contributed by atoms with Gasteiger partial charge in [-0.05, 0) is 18.7 Å². The number of anilines is 1. The Labute approximate surface area is 117 Å². The minimum Gasteiger partial charge on any atom is -0.481 e. The van der Waals surface area contributed by atoms with Gasteiger partial charge in [-0.1, -0.05) is 19.1 Å². The van der Waals surface area contributed by atoms with Gasteiger partial charge >= 0.3 is 5.97 Å². The predicted octanol–water partition coefficient (Wildman–Crippen LogP) is 1.95. The number of hydrogen-bond donors (Lipinski definition) is 2. The maximum Gasteiger partial charge on any atom is 0.304 e. The maximum absolute atomic E-state index is 13.3. The topological polar surface area (TPSA) is 69.6 Å². The molecule has 1 amide bonds. The minimum atomic E-state index is -0.862. The van der Waals surface area contributed by atoms with Crippen molar-refractivity contribution < 1.29 is 19.1 Å². The van der Waals surface area contributed by atoms with Gasteiger partial charge in [0.1, 0.15) is 5.82 Å². The molecule has 0 heterocycles. The lowest BCUT2D eigenvalue weighted by molar-refractivity contribution is -0.137. The summed E-state index contributed by atoms with van der Waals surface area (Å²) in [5, 5.41) is 11.1. The molecule has 0 radical (unpaired) electrons. The number of halogens is 1. The van der Waals surface area contributed by atoms with Crippen molar-refractivity contribution in [2.75, 3.05) is 25.0 Å². The van der Waals surface area contributed by atoms with E-state index in [0.717, 1.165) is 0 Å². The van der Waals surface area contributed by atoms with Crippen LogP contribution in [0.15, 0.2) is 24.3 Å². The molecular formula is C14H19FN2O3. The highest BCUT2D eigenvalue weighted by atomic mass is 19.1. The standard InChI is InChI=1S/C14H19FN2O3/c1-2-17(10-8-14(19)20)9-7-13(18)16-12-6-4-3-5-11(12)15/h3-6H,2,7-10H2,1H3,(H,16,18)(H,19,20). The van der Waals surface area contributed by atoms with Crippen LogP contribution in [0.25, 0.3) is 0 Å². The van der Waals surface area contributed by atoms with E-state index >= 15 is 0 Å². The van der Waals surface area contributed by atoms with Crippen LogP contribution in [0.2, 0.25) is 0 Å². The second-order valence-corrected chi connectivity index (χ2v) is 4.36. The van der Waals surface area contributed by atoms with E-state index in [1.165, 1.54) is 12.1 Å². The van der Waals surface area contributed by atoms with Crippen molar-refractivity contribution in [2.45, 2.75) is 19.8 Å². The Bertz CT molecular complexity index is 465. The number of carbonyl (C=O) groups is 2. The first kappa shape index (κ1) is 16.1. The summed E-state index contributed by atoms with van der Waals surface area (Å²) < 4.78 is 13.3. The van der Waals surface area contributed by atoms with Gasteiger partial charge in [0.05, 0.1) is 12.1 Å². The van der Waals surface area contributed by atoms with Gasteiger partial charge in [0.25, 0.3) is 0 Å². The van der Waals surface area contributed by atoms with Crippen molar-refractivity contribution in [2.24, 2.45) is 0 Å². The molecule has 20 heavy (non-hydrogen) atoms. The molecule has 0 saturated heterocycles. The average Bonchev–Trinajstić information content (AvgIpc) is 2.41. The highest BCUT2D eigenvalue weighted by molar-refractivity contribution is 5.90. The Kier molecular flexibility index (Phi) is 6.66. The third kappa shape index (κ3) is 5.79. The van der Waals surface area contributed by atoms with Gasteiger partial charge in [0.15, 0.2) is 0 Å². The number of carboxylic acid groups (broad SMARTS) is 1. The summed E-state index contributed by atoms with van der Waals surface area (Å²) in [6, 6.07) is 5.97. The molecule has 5 nitrogen and oxygen atoms in total. The third-order valence-corrected chi connectivity index (χ3v) is 2.89. The van der Waals surface area contributed by atoms with E-state index in [2.05, 4.69) is 5.32 Å². The number of rotatable bonds is 8. The number of amides is 1. The zero-order valence-electron chi connectivity index (χ0n) is 11.4. The maximum atomic E-state index is 13.3. The lowest BCUT2D eigenvalue weighted by atomic mass is 10.2. The van der Waals surface area contributed by atoms with Gasteiger partial charge < -0.3 is 15.3 Å². The van der Waals surface area contributed by atoms with Crippen LogP contribution in [0, 0.1) is 5.82 Å². The number of aliphatic carboxylic acids is 1. The fraction of sp³-hybridized carbons (Fsp3) is 0.429. The molecule has 0 aliphatic heterocycles. The average molecular weight is 282 g/mol. The van der Waals surface area contributed by atoms with Gasteiger partial charge in [-0.15, -0.1) is 0 Å². The summed E-state index contributed by atoms with van der Waals surface area (Å²) in [6.07, 6.45) is 0.241. The molecule has 1 aromatic rings. The zero-order chi connectivity index (χ0) is 15.0. The van der Waals surface area contributed by atoms with Crippen molar-refractivity contribution in [1.29, 1.82) is 0 Å². The molecule has 0 atom stereocenters. The summed E-state index contributed by atoms with van der Waals surface area (Å²) >= 11 is 0. The molecule has 0 aliphatic carbocycles. The molecule has 0 bridgehead atoms. The van der Waals surface area contributed by atoms with E-state index in [-0.39, 0.29) is 24.4 Å². The highest BCUT2D eigenvalue weighted by Gasteiger charge is 2.10. The minimum absolute atomic E-state index is 0.0444. The number of nitrogens with zero attached hydrogens (tertiary/aromatic N) is 1. The number of carbonyl (C=O) groups excluding carboxylic acids is 1. The Morgan fingerprint density at radius 3 is 2.50 bits per heavy atom. The molecule has 110 valence electrons. The van der Waals surface area contributed by atoms with Crippen molar-refractivity contribution >= 4 is 17.6 Å². The summed E-state index contributed by atoms with van der Waals surface area (Å²) in [6.45, 7) is 3.42. The van der Waals surface area contributed by atoms with Crippen molar-refractivity contribution in [3.05, 3.63) is 30.1 Å². The molecule has 0 aromatic heterocycles. The molecule has 0 aliphatic rings.